The molecule has 3 rings (SSSR count). The second kappa shape index (κ2) is 5.28. The summed E-state index contributed by atoms with van der Waals surface area (Å²) in [6.45, 7) is 4.71. The van der Waals surface area contributed by atoms with Gasteiger partial charge < -0.3 is 10.2 Å². The van der Waals surface area contributed by atoms with Gasteiger partial charge in [-0.3, -0.25) is 9.89 Å². The largest absolute Gasteiger partial charge is 0.333 e. The van der Waals surface area contributed by atoms with Crippen molar-refractivity contribution in [3.8, 4) is 0 Å². The monoisotopic (exact) mass is 263 g/mol. The average Bonchev–Trinajstić information content (AvgIpc) is 3.18. The van der Waals surface area contributed by atoms with E-state index in [0.717, 1.165) is 51.1 Å². The van der Waals surface area contributed by atoms with Crippen molar-refractivity contribution in [3.63, 3.8) is 0 Å². The molecule has 19 heavy (non-hydrogen) atoms. The Morgan fingerprint density at radius 1 is 1.32 bits per heavy atom. The molecular formula is C13H21N5O. The van der Waals surface area contributed by atoms with Crippen LogP contribution in [-0.4, -0.2) is 51.7 Å². The number of amides is 1. The van der Waals surface area contributed by atoms with Crippen LogP contribution < -0.4 is 5.32 Å². The number of aromatic amines is 1. The predicted octanol–water partition coefficient (Wildman–Crippen LogP) is 0.896. The zero-order valence-electron chi connectivity index (χ0n) is 11.4. The summed E-state index contributed by atoms with van der Waals surface area (Å²) in [5, 5.41) is 10.3. The fourth-order valence-corrected chi connectivity index (χ4v) is 2.72. The fraction of sp³-hybridized carbons (Fsp3) is 0.769. The first-order valence-electron chi connectivity index (χ1n) is 7.23. The molecule has 1 aliphatic carbocycles. The smallest absolute Gasteiger partial charge is 0.293 e. The lowest BCUT2D eigenvalue weighted by molar-refractivity contribution is 0.0644. The van der Waals surface area contributed by atoms with Crippen LogP contribution in [0.2, 0.25) is 0 Å². The van der Waals surface area contributed by atoms with Gasteiger partial charge >= 0.3 is 0 Å². The molecule has 0 aromatic carbocycles. The van der Waals surface area contributed by atoms with Gasteiger partial charge in [0.1, 0.15) is 5.82 Å². The van der Waals surface area contributed by atoms with Gasteiger partial charge in [-0.25, -0.2) is 4.98 Å². The van der Waals surface area contributed by atoms with Gasteiger partial charge in [-0.1, -0.05) is 0 Å². The second-order valence-corrected chi connectivity index (χ2v) is 5.39. The third-order valence-electron chi connectivity index (χ3n) is 4.01. The number of aromatic nitrogens is 3. The Morgan fingerprint density at radius 3 is 2.68 bits per heavy atom. The first-order valence-corrected chi connectivity index (χ1v) is 7.23. The van der Waals surface area contributed by atoms with E-state index in [2.05, 4.69) is 20.5 Å². The van der Waals surface area contributed by atoms with Gasteiger partial charge in [0.2, 0.25) is 5.82 Å². The van der Waals surface area contributed by atoms with Crippen LogP contribution in [0.25, 0.3) is 0 Å². The van der Waals surface area contributed by atoms with Crippen molar-refractivity contribution in [1.82, 2.24) is 25.4 Å². The molecule has 1 aromatic heterocycles. The summed E-state index contributed by atoms with van der Waals surface area (Å²) in [6.07, 6.45) is 4.35. The van der Waals surface area contributed by atoms with Gasteiger partial charge in [0, 0.05) is 18.5 Å². The van der Waals surface area contributed by atoms with E-state index < -0.39 is 0 Å². The van der Waals surface area contributed by atoms with E-state index in [0.29, 0.717) is 17.8 Å². The quantitative estimate of drug-likeness (QED) is 0.846. The number of rotatable bonds is 4. The molecule has 6 nitrogen and oxygen atoms in total. The Morgan fingerprint density at radius 2 is 2.05 bits per heavy atom. The minimum Gasteiger partial charge on any atom is -0.333 e. The molecule has 1 aliphatic heterocycles. The first kappa shape index (κ1) is 12.6. The molecule has 0 radical (unpaired) electrons. The number of hydrogen-bond acceptors (Lipinski definition) is 4. The SMILES string of the molecule is CCN(C(=O)c1n[nH]c(C2CC2)n1)C1CCNCC1. The Kier molecular flexibility index (Phi) is 3.50. The van der Waals surface area contributed by atoms with Crippen molar-refractivity contribution >= 4 is 5.91 Å². The van der Waals surface area contributed by atoms with Crippen LogP contribution in [0.5, 0.6) is 0 Å². The molecule has 1 aromatic rings. The van der Waals surface area contributed by atoms with Crippen LogP contribution in [0.15, 0.2) is 0 Å². The molecule has 1 saturated heterocycles. The number of carbonyl (C=O) groups is 1. The van der Waals surface area contributed by atoms with Gasteiger partial charge in [-0.15, -0.1) is 5.10 Å². The summed E-state index contributed by atoms with van der Waals surface area (Å²) in [4.78, 5) is 18.8. The molecule has 104 valence electrons. The van der Waals surface area contributed by atoms with Crippen LogP contribution in [0, 0.1) is 0 Å². The minimum atomic E-state index is -0.0300. The number of carbonyl (C=O) groups excluding carboxylic acids is 1. The van der Waals surface area contributed by atoms with Crippen molar-refractivity contribution in [3.05, 3.63) is 11.6 Å². The lowest BCUT2D eigenvalue weighted by Gasteiger charge is -2.33. The highest BCUT2D eigenvalue weighted by molar-refractivity contribution is 5.90. The normalized spacial score (nSPS) is 20.5. The molecule has 0 bridgehead atoms. The van der Waals surface area contributed by atoms with E-state index in [4.69, 9.17) is 0 Å². The molecule has 2 N–H and O–H groups in total. The van der Waals surface area contributed by atoms with Gasteiger partial charge in [0.15, 0.2) is 0 Å². The third kappa shape index (κ3) is 2.63. The second-order valence-electron chi connectivity index (χ2n) is 5.39. The van der Waals surface area contributed by atoms with Crippen LogP contribution in [0.4, 0.5) is 0 Å². The van der Waals surface area contributed by atoms with E-state index in [-0.39, 0.29) is 5.91 Å². The van der Waals surface area contributed by atoms with Crippen LogP contribution in [-0.2, 0) is 0 Å². The maximum atomic E-state index is 12.5. The summed E-state index contributed by atoms with van der Waals surface area (Å²) in [5.41, 5.74) is 0. The minimum absolute atomic E-state index is 0.0300. The number of hydrogen-bond donors (Lipinski definition) is 2. The maximum Gasteiger partial charge on any atom is 0.293 e. The van der Waals surface area contributed by atoms with Gasteiger partial charge in [-0.05, 0) is 45.7 Å². The zero-order chi connectivity index (χ0) is 13.2. The van der Waals surface area contributed by atoms with E-state index in [1.54, 1.807) is 0 Å². The van der Waals surface area contributed by atoms with Crippen LogP contribution >= 0.6 is 0 Å². The van der Waals surface area contributed by atoms with Gasteiger partial charge in [0.05, 0.1) is 0 Å². The molecule has 0 atom stereocenters. The highest BCUT2D eigenvalue weighted by Gasteiger charge is 2.31. The van der Waals surface area contributed by atoms with E-state index in [1.807, 2.05) is 11.8 Å². The molecule has 1 saturated carbocycles. The lowest BCUT2D eigenvalue weighted by Crippen LogP contribution is -2.46. The molecule has 2 heterocycles. The first-order chi connectivity index (χ1) is 9.29. The third-order valence-corrected chi connectivity index (χ3v) is 4.01. The fourth-order valence-electron chi connectivity index (χ4n) is 2.72. The zero-order valence-corrected chi connectivity index (χ0v) is 11.4. The Hall–Kier alpha value is -1.43. The molecule has 2 aliphatic rings. The van der Waals surface area contributed by atoms with E-state index >= 15 is 0 Å². The van der Waals surface area contributed by atoms with Crippen molar-refractivity contribution < 1.29 is 4.79 Å². The Labute approximate surface area is 113 Å². The van der Waals surface area contributed by atoms with Crippen molar-refractivity contribution in [2.75, 3.05) is 19.6 Å². The standard InChI is InChI=1S/C13H21N5O/c1-2-18(10-5-7-14-8-6-10)13(19)12-15-11(16-17-12)9-3-4-9/h9-10,14H,2-8H2,1H3,(H,15,16,17). The van der Waals surface area contributed by atoms with Gasteiger partial charge in [0.25, 0.3) is 5.91 Å². The number of nitrogens with zero attached hydrogens (tertiary/aromatic N) is 3. The molecule has 6 heteroatoms. The summed E-state index contributed by atoms with van der Waals surface area (Å²) in [5.74, 6) is 1.69. The Bertz CT molecular complexity index is 448. The van der Waals surface area contributed by atoms with Crippen LogP contribution in [0.3, 0.4) is 0 Å². The molecule has 0 unspecified atom stereocenters. The van der Waals surface area contributed by atoms with E-state index in [1.165, 1.54) is 0 Å². The molecular weight excluding hydrogens is 242 g/mol. The van der Waals surface area contributed by atoms with E-state index in [9.17, 15) is 4.79 Å². The summed E-state index contributed by atoms with van der Waals surface area (Å²) in [6, 6.07) is 0.321. The maximum absolute atomic E-state index is 12.5. The predicted molar refractivity (Wildman–Crippen MR) is 71.0 cm³/mol. The summed E-state index contributed by atoms with van der Waals surface area (Å²) < 4.78 is 0. The molecule has 0 spiro atoms. The van der Waals surface area contributed by atoms with Crippen LogP contribution in [0.1, 0.15) is 55.0 Å². The summed E-state index contributed by atoms with van der Waals surface area (Å²) in [7, 11) is 0. The lowest BCUT2D eigenvalue weighted by atomic mass is 10.0. The van der Waals surface area contributed by atoms with Gasteiger partial charge in [-0.2, -0.15) is 0 Å². The topological polar surface area (TPSA) is 73.9 Å². The van der Waals surface area contributed by atoms with Crippen molar-refractivity contribution in [2.45, 2.75) is 44.6 Å². The van der Waals surface area contributed by atoms with Crippen molar-refractivity contribution in [1.29, 1.82) is 0 Å². The average molecular weight is 263 g/mol. The highest BCUT2D eigenvalue weighted by atomic mass is 16.2. The molecule has 1 amide bonds. The number of H-pyrrole nitrogens is 1. The Balaban J connectivity index is 1.71. The molecule has 2 fully saturated rings. The number of nitrogens with one attached hydrogen (secondary N) is 2. The van der Waals surface area contributed by atoms with Crippen molar-refractivity contribution in [2.24, 2.45) is 0 Å². The highest BCUT2D eigenvalue weighted by Crippen LogP contribution is 2.37. The summed E-state index contributed by atoms with van der Waals surface area (Å²) >= 11 is 0. The number of piperidine rings is 1.